The number of rotatable bonds is 6. The van der Waals surface area contributed by atoms with E-state index < -0.39 is 41.1 Å². The summed E-state index contributed by atoms with van der Waals surface area (Å²) in [6, 6.07) is 10.8. The minimum Gasteiger partial charge on any atom is -0.482 e. The van der Waals surface area contributed by atoms with Gasteiger partial charge < -0.3 is 15.0 Å². The van der Waals surface area contributed by atoms with Gasteiger partial charge in [-0.25, -0.2) is 13.2 Å². The van der Waals surface area contributed by atoms with Crippen LogP contribution in [0.4, 0.5) is 13.2 Å². The molecular formula is C28H27F3N4O4. The molecule has 2 aromatic carbocycles. The van der Waals surface area contributed by atoms with Gasteiger partial charge in [0.15, 0.2) is 11.4 Å². The Balaban J connectivity index is 1.57. The fourth-order valence-corrected chi connectivity index (χ4v) is 4.87. The Bertz CT molecular complexity index is 1480. The molecule has 11 heteroatoms. The van der Waals surface area contributed by atoms with Crippen molar-refractivity contribution < 1.29 is 27.5 Å². The quantitative estimate of drug-likeness (QED) is 0.518. The standard InChI is InChI=1S/C28H27F3N4O4/c1-16-10-22(30)17(2)33-15-35(16)34-13-21(27(37)32-12-19-8-9-20(29)11-23(19)31)25(36)26(24(34)28(33)38)39-14-18-6-4-3-5-7-18/h3-9,11,13,16-17,22H,10,12,14-15H2,1-2H3,(H,32,37)/t16-,17-,22?/m0/s1. The predicted octanol–water partition coefficient (Wildman–Crippen LogP) is 3.51. The number of nitrogens with one attached hydrogen (secondary N) is 1. The van der Waals surface area contributed by atoms with Crippen LogP contribution in [0.1, 0.15) is 52.2 Å². The lowest BCUT2D eigenvalue weighted by Crippen LogP contribution is -2.57. The van der Waals surface area contributed by atoms with Gasteiger partial charge in [-0.05, 0) is 25.5 Å². The van der Waals surface area contributed by atoms with Gasteiger partial charge >= 0.3 is 0 Å². The van der Waals surface area contributed by atoms with Crippen LogP contribution < -0.4 is 20.5 Å². The van der Waals surface area contributed by atoms with Gasteiger partial charge in [-0.2, -0.15) is 0 Å². The Labute approximate surface area is 222 Å². The van der Waals surface area contributed by atoms with Gasteiger partial charge in [-0.1, -0.05) is 36.4 Å². The number of hydrogen-bond acceptors (Lipinski definition) is 5. The predicted molar refractivity (Wildman–Crippen MR) is 137 cm³/mol. The van der Waals surface area contributed by atoms with E-state index in [1.165, 1.54) is 21.8 Å². The lowest BCUT2D eigenvalue weighted by Gasteiger charge is -2.42. The second kappa shape index (κ2) is 10.5. The number of halogens is 3. The monoisotopic (exact) mass is 540 g/mol. The third-order valence-corrected chi connectivity index (χ3v) is 7.20. The molecule has 1 fully saturated rings. The lowest BCUT2D eigenvalue weighted by atomic mass is 10.1. The zero-order valence-corrected chi connectivity index (χ0v) is 21.4. The average molecular weight is 541 g/mol. The summed E-state index contributed by atoms with van der Waals surface area (Å²) in [7, 11) is 0. The molecular weight excluding hydrogens is 513 g/mol. The minimum atomic E-state index is -1.29. The second-order valence-electron chi connectivity index (χ2n) is 9.78. The number of carbonyl (C=O) groups excluding carboxylic acids is 2. The highest BCUT2D eigenvalue weighted by Gasteiger charge is 2.43. The van der Waals surface area contributed by atoms with Crippen LogP contribution >= 0.6 is 0 Å². The van der Waals surface area contributed by atoms with Gasteiger partial charge in [0.25, 0.3) is 11.8 Å². The topological polar surface area (TPSA) is 83.9 Å². The number of aromatic nitrogens is 1. The first-order chi connectivity index (χ1) is 18.7. The Morgan fingerprint density at radius 2 is 1.85 bits per heavy atom. The Hall–Kier alpha value is -4.28. The third-order valence-electron chi connectivity index (χ3n) is 7.20. The summed E-state index contributed by atoms with van der Waals surface area (Å²) in [5.74, 6) is -3.36. The van der Waals surface area contributed by atoms with Gasteiger partial charge in [0.1, 0.15) is 36.6 Å². The average Bonchev–Trinajstić information content (AvgIpc) is 3.01. The molecule has 0 saturated carbocycles. The van der Waals surface area contributed by atoms with Crippen molar-refractivity contribution in [3.05, 3.63) is 99.0 Å². The number of benzene rings is 2. The van der Waals surface area contributed by atoms with E-state index in [0.717, 1.165) is 11.6 Å². The highest BCUT2D eigenvalue weighted by Crippen LogP contribution is 2.31. The highest BCUT2D eigenvalue weighted by atomic mass is 19.1. The van der Waals surface area contributed by atoms with Crippen molar-refractivity contribution >= 4 is 11.8 Å². The molecule has 39 heavy (non-hydrogen) atoms. The van der Waals surface area contributed by atoms with Crippen molar-refractivity contribution in [1.29, 1.82) is 0 Å². The summed E-state index contributed by atoms with van der Waals surface area (Å²) in [6.45, 7) is 3.10. The van der Waals surface area contributed by atoms with Crippen LogP contribution in [0.15, 0.2) is 59.5 Å². The molecule has 0 spiro atoms. The molecule has 1 N–H and O–H groups in total. The number of fused-ring (bicyclic) bond motifs is 4. The van der Waals surface area contributed by atoms with Crippen LogP contribution in [0.2, 0.25) is 0 Å². The first kappa shape index (κ1) is 26.3. The molecule has 1 aromatic heterocycles. The largest absolute Gasteiger partial charge is 0.482 e. The fraction of sp³-hybridized carbons (Fsp3) is 0.321. The zero-order chi connectivity index (χ0) is 27.8. The van der Waals surface area contributed by atoms with Crippen molar-refractivity contribution in [2.24, 2.45) is 0 Å². The maximum Gasteiger partial charge on any atom is 0.278 e. The molecule has 2 aliphatic rings. The van der Waals surface area contributed by atoms with Crippen LogP contribution in [-0.2, 0) is 13.2 Å². The molecule has 0 radical (unpaired) electrons. The van der Waals surface area contributed by atoms with Gasteiger partial charge in [0.05, 0.1) is 6.04 Å². The molecule has 2 aliphatic heterocycles. The Morgan fingerprint density at radius 3 is 2.56 bits per heavy atom. The molecule has 5 rings (SSSR count). The minimum absolute atomic E-state index is 0.0262. The first-order valence-electron chi connectivity index (χ1n) is 12.6. The van der Waals surface area contributed by atoms with E-state index in [1.807, 2.05) is 6.07 Å². The SMILES string of the molecule is C[C@H]1C(F)C[C@H](C)N2CN1C(=O)c1c(OCc3ccccc3)c(=O)c(C(=O)NCc3ccc(F)cc3F)cn12. The summed E-state index contributed by atoms with van der Waals surface area (Å²) in [6.07, 6.45) is 0.0677. The van der Waals surface area contributed by atoms with Crippen molar-refractivity contribution in [2.75, 3.05) is 11.7 Å². The maximum atomic E-state index is 15.0. The van der Waals surface area contributed by atoms with E-state index in [2.05, 4.69) is 5.32 Å². The van der Waals surface area contributed by atoms with Gasteiger partial charge in [-0.3, -0.25) is 24.1 Å². The van der Waals surface area contributed by atoms with Gasteiger partial charge in [0, 0.05) is 36.8 Å². The summed E-state index contributed by atoms with van der Waals surface area (Å²) in [4.78, 5) is 41.8. The molecule has 2 bridgehead atoms. The van der Waals surface area contributed by atoms with Crippen molar-refractivity contribution in [3.8, 4) is 5.75 Å². The Morgan fingerprint density at radius 1 is 1.10 bits per heavy atom. The zero-order valence-electron chi connectivity index (χ0n) is 21.4. The van der Waals surface area contributed by atoms with E-state index in [9.17, 15) is 27.6 Å². The van der Waals surface area contributed by atoms with E-state index in [0.29, 0.717) is 6.07 Å². The van der Waals surface area contributed by atoms with E-state index >= 15 is 0 Å². The summed E-state index contributed by atoms with van der Waals surface area (Å²) in [5.41, 5.74) is -0.522. The smallest absolute Gasteiger partial charge is 0.278 e. The van der Waals surface area contributed by atoms with Crippen molar-refractivity contribution in [2.45, 2.75) is 51.7 Å². The van der Waals surface area contributed by atoms with Crippen molar-refractivity contribution in [1.82, 2.24) is 14.9 Å². The molecule has 204 valence electrons. The number of pyridine rings is 1. The number of amides is 2. The second-order valence-corrected chi connectivity index (χ2v) is 9.78. The Kier molecular flexibility index (Phi) is 7.07. The van der Waals surface area contributed by atoms with Crippen LogP contribution in [-0.4, -0.2) is 46.3 Å². The number of ether oxygens (including phenoxy) is 1. The molecule has 1 saturated heterocycles. The highest BCUT2D eigenvalue weighted by molar-refractivity contribution is 5.99. The third kappa shape index (κ3) is 4.96. The van der Waals surface area contributed by atoms with Crippen LogP contribution in [0.3, 0.4) is 0 Å². The van der Waals surface area contributed by atoms with E-state index in [4.69, 9.17) is 4.74 Å². The fourth-order valence-electron chi connectivity index (χ4n) is 4.87. The number of nitrogens with zero attached hydrogens (tertiary/aromatic N) is 3. The summed E-state index contributed by atoms with van der Waals surface area (Å²) < 4.78 is 49.6. The van der Waals surface area contributed by atoms with Crippen LogP contribution in [0.25, 0.3) is 0 Å². The maximum absolute atomic E-state index is 15.0. The molecule has 2 amide bonds. The molecule has 8 nitrogen and oxygen atoms in total. The molecule has 3 heterocycles. The van der Waals surface area contributed by atoms with Gasteiger partial charge in [-0.15, -0.1) is 0 Å². The number of alkyl halides is 1. The molecule has 3 aromatic rings. The van der Waals surface area contributed by atoms with E-state index in [1.54, 1.807) is 43.1 Å². The normalized spacial score (nSPS) is 20.3. The summed E-state index contributed by atoms with van der Waals surface area (Å²) >= 11 is 0. The molecule has 3 atom stereocenters. The summed E-state index contributed by atoms with van der Waals surface area (Å²) in [5, 5.41) is 4.19. The lowest BCUT2D eigenvalue weighted by molar-refractivity contribution is 0.0550. The van der Waals surface area contributed by atoms with Gasteiger partial charge in [0.2, 0.25) is 5.43 Å². The molecule has 0 aliphatic carbocycles. The first-order valence-corrected chi connectivity index (χ1v) is 12.6. The number of hydrogen-bond donors (Lipinski definition) is 1. The number of carbonyl (C=O) groups is 2. The van der Waals surface area contributed by atoms with Crippen LogP contribution in [0.5, 0.6) is 5.75 Å². The van der Waals surface area contributed by atoms with E-state index in [-0.39, 0.29) is 54.9 Å². The van der Waals surface area contributed by atoms with Crippen molar-refractivity contribution in [3.63, 3.8) is 0 Å². The molecule has 1 unspecified atom stereocenters. The van der Waals surface area contributed by atoms with Crippen LogP contribution in [0, 0.1) is 11.6 Å².